The van der Waals surface area contributed by atoms with Gasteiger partial charge in [0, 0.05) is 12.1 Å². The third-order valence-corrected chi connectivity index (χ3v) is 4.47. The van der Waals surface area contributed by atoms with E-state index >= 15 is 0 Å². The molecule has 0 aliphatic heterocycles. The second kappa shape index (κ2) is 5.53. The molecule has 0 fully saturated rings. The average molecular weight is 306 g/mol. The first-order valence-corrected chi connectivity index (χ1v) is 7.62. The largest absolute Gasteiger partial charge is 0.279 e. The van der Waals surface area contributed by atoms with Crippen LogP contribution in [0.15, 0.2) is 47.4 Å². The fraction of sp³-hybridized carbons (Fsp3) is 0.143. The van der Waals surface area contributed by atoms with Gasteiger partial charge < -0.3 is 0 Å². The lowest BCUT2D eigenvalue weighted by atomic mass is 10.2. The summed E-state index contributed by atoms with van der Waals surface area (Å²) < 4.78 is 27.1. The van der Waals surface area contributed by atoms with E-state index in [-0.39, 0.29) is 16.3 Å². The number of hydrogen-bond acceptors (Lipinski definition) is 4. The molecule has 0 aliphatic carbocycles. The zero-order valence-electron chi connectivity index (χ0n) is 11.5. The van der Waals surface area contributed by atoms with Gasteiger partial charge in [-0.1, -0.05) is 18.2 Å². The van der Waals surface area contributed by atoms with Crippen molar-refractivity contribution in [2.45, 2.75) is 18.7 Å². The van der Waals surface area contributed by atoms with Gasteiger partial charge in [0.05, 0.1) is 15.5 Å². The van der Waals surface area contributed by atoms with Gasteiger partial charge >= 0.3 is 0 Å². The predicted molar refractivity (Wildman–Crippen MR) is 79.8 cm³/mol. The summed E-state index contributed by atoms with van der Waals surface area (Å²) in [5, 5.41) is 10.7. The maximum Gasteiger partial charge on any atom is 0.271 e. The van der Waals surface area contributed by atoms with Crippen molar-refractivity contribution in [2.24, 2.45) is 0 Å². The van der Waals surface area contributed by atoms with Crippen LogP contribution in [0, 0.1) is 24.0 Å². The maximum atomic E-state index is 12.4. The Kier molecular flexibility index (Phi) is 3.95. The molecular weight excluding hydrogens is 292 g/mol. The minimum atomic E-state index is -3.78. The van der Waals surface area contributed by atoms with Crippen molar-refractivity contribution in [3.05, 3.63) is 63.7 Å². The number of nitro groups is 1. The number of nitrogens with zero attached hydrogens (tertiary/aromatic N) is 1. The Bertz CT molecular complexity index is 800. The molecule has 0 bridgehead atoms. The molecule has 110 valence electrons. The highest BCUT2D eigenvalue weighted by Crippen LogP contribution is 2.23. The van der Waals surface area contributed by atoms with Gasteiger partial charge in [0.15, 0.2) is 0 Å². The Morgan fingerprint density at radius 2 is 1.81 bits per heavy atom. The molecular formula is C14H14N2O4S. The SMILES string of the molecule is Cc1ccc(C)c(S(=O)(=O)Nc2cccc([N+](=O)[O-])c2)c1. The molecule has 0 saturated heterocycles. The highest BCUT2D eigenvalue weighted by Gasteiger charge is 2.18. The van der Waals surface area contributed by atoms with Crippen molar-refractivity contribution in [3.8, 4) is 0 Å². The van der Waals surface area contributed by atoms with Crippen LogP contribution in [-0.4, -0.2) is 13.3 Å². The van der Waals surface area contributed by atoms with Gasteiger partial charge in [0.1, 0.15) is 0 Å². The molecule has 0 atom stereocenters. The van der Waals surface area contributed by atoms with E-state index in [0.29, 0.717) is 5.56 Å². The lowest BCUT2D eigenvalue weighted by molar-refractivity contribution is -0.384. The van der Waals surface area contributed by atoms with Gasteiger partial charge in [-0.15, -0.1) is 0 Å². The van der Waals surface area contributed by atoms with Gasteiger partial charge in [0.25, 0.3) is 15.7 Å². The van der Waals surface area contributed by atoms with Gasteiger partial charge in [-0.25, -0.2) is 8.42 Å². The highest BCUT2D eigenvalue weighted by molar-refractivity contribution is 7.92. The quantitative estimate of drug-likeness (QED) is 0.694. The van der Waals surface area contributed by atoms with Crippen LogP contribution in [0.3, 0.4) is 0 Å². The summed E-state index contributed by atoms with van der Waals surface area (Å²) in [6, 6.07) is 10.5. The van der Waals surface area contributed by atoms with E-state index in [0.717, 1.165) is 5.56 Å². The summed E-state index contributed by atoms with van der Waals surface area (Å²) in [5.74, 6) is 0. The van der Waals surface area contributed by atoms with Gasteiger partial charge in [-0.3, -0.25) is 14.8 Å². The number of aryl methyl sites for hydroxylation is 2. The van der Waals surface area contributed by atoms with Crippen LogP contribution in [0.25, 0.3) is 0 Å². The van der Waals surface area contributed by atoms with E-state index in [1.165, 1.54) is 24.3 Å². The number of sulfonamides is 1. The molecule has 2 aromatic carbocycles. The highest BCUT2D eigenvalue weighted by atomic mass is 32.2. The molecule has 2 rings (SSSR count). The van der Waals surface area contributed by atoms with E-state index in [1.807, 2.05) is 6.07 Å². The van der Waals surface area contributed by atoms with Crippen LogP contribution in [0.5, 0.6) is 0 Å². The van der Waals surface area contributed by atoms with Crippen molar-refractivity contribution in [1.29, 1.82) is 0 Å². The van der Waals surface area contributed by atoms with Crippen LogP contribution >= 0.6 is 0 Å². The average Bonchev–Trinajstić information content (AvgIpc) is 2.41. The third kappa shape index (κ3) is 3.38. The third-order valence-electron chi connectivity index (χ3n) is 2.94. The number of rotatable bonds is 4. The summed E-state index contributed by atoms with van der Waals surface area (Å²) in [6.07, 6.45) is 0. The fourth-order valence-electron chi connectivity index (χ4n) is 1.89. The van der Waals surface area contributed by atoms with E-state index in [9.17, 15) is 18.5 Å². The molecule has 0 amide bonds. The lowest BCUT2D eigenvalue weighted by Crippen LogP contribution is -2.14. The van der Waals surface area contributed by atoms with Gasteiger partial charge in [-0.2, -0.15) is 0 Å². The minimum absolute atomic E-state index is 0.158. The zero-order chi connectivity index (χ0) is 15.6. The summed E-state index contributed by atoms with van der Waals surface area (Å²) >= 11 is 0. The van der Waals surface area contributed by atoms with Crippen LogP contribution in [0.1, 0.15) is 11.1 Å². The number of hydrogen-bond donors (Lipinski definition) is 1. The molecule has 0 aliphatic rings. The fourth-order valence-corrected chi connectivity index (χ4v) is 3.27. The monoisotopic (exact) mass is 306 g/mol. The standard InChI is InChI=1S/C14H14N2O4S/c1-10-6-7-11(2)14(8-10)21(19,20)15-12-4-3-5-13(9-12)16(17)18/h3-9,15H,1-2H3. The molecule has 0 unspecified atom stereocenters. The van der Waals surface area contributed by atoms with E-state index in [1.54, 1.807) is 26.0 Å². The van der Waals surface area contributed by atoms with Crippen molar-refractivity contribution in [2.75, 3.05) is 4.72 Å². The van der Waals surface area contributed by atoms with Crippen LogP contribution < -0.4 is 4.72 Å². The molecule has 0 radical (unpaired) electrons. The first kappa shape index (κ1) is 15.0. The first-order chi connectivity index (χ1) is 9.79. The van der Waals surface area contributed by atoms with Crippen LogP contribution in [0.2, 0.25) is 0 Å². The van der Waals surface area contributed by atoms with Crippen LogP contribution in [-0.2, 0) is 10.0 Å². The molecule has 7 heteroatoms. The number of anilines is 1. The summed E-state index contributed by atoms with van der Waals surface area (Å²) in [4.78, 5) is 10.3. The number of nitrogens with one attached hydrogen (secondary N) is 1. The minimum Gasteiger partial charge on any atom is -0.279 e. The summed E-state index contributed by atoms with van der Waals surface area (Å²) in [6.45, 7) is 3.49. The molecule has 1 N–H and O–H groups in total. The molecule has 2 aromatic rings. The maximum absolute atomic E-state index is 12.4. The Labute approximate surface area is 122 Å². The number of nitro benzene ring substituents is 1. The van der Waals surface area contributed by atoms with Crippen molar-refractivity contribution in [3.63, 3.8) is 0 Å². The topological polar surface area (TPSA) is 89.3 Å². The molecule has 6 nitrogen and oxygen atoms in total. The Morgan fingerprint density at radius 1 is 1.10 bits per heavy atom. The normalized spacial score (nSPS) is 11.1. The first-order valence-electron chi connectivity index (χ1n) is 6.14. The second-order valence-corrected chi connectivity index (χ2v) is 6.33. The molecule has 0 saturated carbocycles. The van der Waals surface area contributed by atoms with E-state index < -0.39 is 14.9 Å². The zero-order valence-corrected chi connectivity index (χ0v) is 12.3. The Hall–Kier alpha value is -2.41. The van der Waals surface area contributed by atoms with Gasteiger partial charge in [-0.05, 0) is 37.1 Å². The molecule has 0 spiro atoms. The van der Waals surface area contributed by atoms with Crippen molar-refractivity contribution in [1.82, 2.24) is 0 Å². The predicted octanol–water partition coefficient (Wildman–Crippen LogP) is 3.01. The smallest absolute Gasteiger partial charge is 0.271 e. The molecule has 0 heterocycles. The second-order valence-electron chi connectivity index (χ2n) is 4.68. The Balaban J connectivity index is 2.40. The number of benzene rings is 2. The summed E-state index contributed by atoms with van der Waals surface area (Å²) in [7, 11) is -3.78. The molecule has 0 aromatic heterocycles. The van der Waals surface area contributed by atoms with Gasteiger partial charge in [0.2, 0.25) is 0 Å². The summed E-state index contributed by atoms with van der Waals surface area (Å²) in [5.41, 5.74) is 1.42. The van der Waals surface area contributed by atoms with Crippen molar-refractivity contribution >= 4 is 21.4 Å². The van der Waals surface area contributed by atoms with E-state index in [2.05, 4.69) is 4.72 Å². The van der Waals surface area contributed by atoms with Crippen molar-refractivity contribution < 1.29 is 13.3 Å². The molecule has 21 heavy (non-hydrogen) atoms. The van der Waals surface area contributed by atoms with Crippen LogP contribution in [0.4, 0.5) is 11.4 Å². The van der Waals surface area contributed by atoms with E-state index in [4.69, 9.17) is 0 Å². The Morgan fingerprint density at radius 3 is 2.48 bits per heavy atom. The number of non-ortho nitro benzene ring substituents is 1. The lowest BCUT2D eigenvalue weighted by Gasteiger charge is -2.11.